The molecule has 2 aromatic heterocycles. The molecule has 0 unspecified atom stereocenters. The SMILES string of the molecule is CCNc1ccc(S(=O)(=O)N2CCn3cnnc3C2)cn1. The Morgan fingerprint density at radius 3 is 2.90 bits per heavy atom. The highest BCUT2D eigenvalue weighted by Crippen LogP contribution is 2.20. The van der Waals surface area contributed by atoms with Crippen molar-refractivity contribution in [3.63, 3.8) is 0 Å². The Bertz CT molecular complexity index is 724. The van der Waals surface area contributed by atoms with Crippen LogP contribution in [0.5, 0.6) is 0 Å². The summed E-state index contributed by atoms with van der Waals surface area (Å²) in [5, 5.41) is 10.8. The predicted octanol–water partition coefficient (Wildman–Crippen LogP) is 0.309. The molecule has 0 atom stereocenters. The van der Waals surface area contributed by atoms with E-state index in [-0.39, 0.29) is 11.4 Å². The minimum absolute atomic E-state index is 0.192. The highest BCUT2D eigenvalue weighted by Gasteiger charge is 2.29. The topological polar surface area (TPSA) is 93.0 Å². The maximum absolute atomic E-state index is 12.6. The summed E-state index contributed by atoms with van der Waals surface area (Å²) in [7, 11) is -3.55. The van der Waals surface area contributed by atoms with Gasteiger partial charge in [-0.25, -0.2) is 13.4 Å². The largest absolute Gasteiger partial charge is 0.370 e. The van der Waals surface area contributed by atoms with Crippen LogP contribution in [0.1, 0.15) is 12.7 Å². The average Bonchev–Trinajstić information content (AvgIpc) is 2.95. The zero-order valence-corrected chi connectivity index (χ0v) is 12.4. The molecule has 3 rings (SSSR count). The van der Waals surface area contributed by atoms with E-state index in [1.165, 1.54) is 10.5 Å². The summed E-state index contributed by atoms with van der Waals surface area (Å²) in [5.74, 6) is 1.32. The molecule has 9 heteroatoms. The molecule has 1 N–H and O–H groups in total. The monoisotopic (exact) mass is 308 g/mol. The minimum atomic E-state index is -3.55. The number of hydrogen-bond donors (Lipinski definition) is 1. The molecule has 0 aliphatic carbocycles. The van der Waals surface area contributed by atoms with Crippen LogP contribution in [0, 0.1) is 0 Å². The second-order valence-corrected chi connectivity index (χ2v) is 6.63. The predicted molar refractivity (Wildman–Crippen MR) is 76.0 cm³/mol. The molecule has 0 amide bonds. The van der Waals surface area contributed by atoms with Gasteiger partial charge >= 0.3 is 0 Å². The lowest BCUT2D eigenvalue weighted by molar-refractivity contribution is 0.335. The number of fused-ring (bicyclic) bond motifs is 1. The molecule has 0 spiro atoms. The second kappa shape index (κ2) is 5.41. The van der Waals surface area contributed by atoms with Crippen LogP contribution in [0.4, 0.5) is 5.82 Å². The zero-order chi connectivity index (χ0) is 14.9. The smallest absolute Gasteiger partial charge is 0.245 e. The van der Waals surface area contributed by atoms with Crippen LogP contribution in [0.25, 0.3) is 0 Å². The van der Waals surface area contributed by atoms with E-state index in [1.54, 1.807) is 18.5 Å². The average molecular weight is 308 g/mol. The highest BCUT2D eigenvalue weighted by molar-refractivity contribution is 7.89. The second-order valence-electron chi connectivity index (χ2n) is 4.69. The Morgan fingerprint density at radius 2 is 2.19 bits per heavy atom. The van der Waals surface area contributed by atoms with Crippen LogP contribution in [-0.4, -0.2) is 45.6 Å². The van der Waals surface area contributed by atoms with Crippen LogP contribution < -0.4 is 5.32 Å². The first-order valence-corrected chi connectivity index (χ1v) is 8.12. The van der Waals surface area contributed by atoms with Crippen molar-refractivity contribution >= 4 is 15.8 Å². The van der Waals surface area contributed by atoms with Gasteiger partial charge in [0.25, 0.3) is 0 Å². The van der Waals surface area contributed by atoms with Gasteiger partial charge in [-0.05, 0) is 19.1 Å². The fourth-order valence-corrected chi connectivity index (χ4v) is 3.55. The van der Waals surface area contributed by atoms with Crippen molar-refractivity contribution in [1.82, 2.24) is 24.1 Å². The van der Waals surface area contributed by atoms with Gasteiger partial charge < -0.3 is 9.88 Å². The van der Waals surface area contributed by atoms with E-state index in [0.717, 1.165) is 6.54 Å². The van der Waals surface area contributed by atoms with E-state index in [1.807, 2.05) is 11.5 Å². The van der Waals surface area contributed by atoms with Crippen LogP contribution in [0.3, 0.4) is 0 Å². The van der Waals surface area contributed by atoms with Crippen LogP contribution in [0.2, 0.25) is 0 Å². The molecular formula is C12H16N6O2S. The molecule has 1 aliphatic heterocycles. The van der Waals surface area contributed by atoms with Crippen molar-refractivity contribution in [3.05, 3.63) is 30.5 Å². The summed E-state index contributed by atoms with van der Waals surface area (Å²) >= 11 is 0. The molecule has 2 aromatic rings. The van der Waals surface area contributed by atoms with Gasteiger partial charge in [0.05, 0.1) is 6.54 Å². The van der Waals surface area contributed by atoms with Crippen molar-refractivity contribution in [2.75, 3.05) is 18.4 Å². The molecule has 3 heterocycles. The Balaban J connectivity index is 1.84. The number of aromatic nitrogens is 4. The summed E-state index contributed by atoms with van der Waals surface area (Å²) in [6.07, 6.45) is 3.00. The van der Waals surface area contributed by atoms with Crippen LogP contribution >= 0.6 is 0 Å². The number of anilines is 1. The number of pyridine rings is 1. The highest BCUT2D eigenvalue weighted by atomic mass is 32.2. The molecular weight excluding hydrogens is 292 g/mol. The lowest BCUT2D eigenvalue weighted by Crippen LogP contribution is -2.38. The number of nitrogens with zero attached hydrogens (tertiary/aromatic N) is 5. The van der Waals surface area contributed by atoms with Gasteiger partial charge in [-0.3, -0.25) is 0 Å². The van der Waals surface area contributed by atoms with Crippen LogP contribution in [0.15, 0.2) is 29.6 Å². The Morgan fingerprint density at radius 1 is 1.33 bits per heavy atom. The lowest BCUT2D eigenvalue weighted by atomic mass is 10.4. The van der Waals surface area contributed by atoms with Crippen molar-refractivity contribution < 1.29 is 8.42 Å². The van der Waals surface area contributed by atoms with Gasteiger partial charge in [0.2, 0.25) is 10.0 Å². The zero-order valence-electron chi connectivity index (χ0n) is 11.6. The quantitative estimate of drug-likeness (QED) is 0.874. The normalized spacial score (nSPS) is 15.7. The molecule has 0 saturated heterocycles. The van der Waals surface area contributed by atoms with E-state index in [2.05, 4.69) is 20.5 Å². The number of hydrogen-bond acceptors (Lipinski definition) is 6. The summed E-state index contributed by atoms with van der Waals surface area (Å²) in [5.41, 5.74) is 0. The first-order chi connectivity index (χ1) is 10.1. The van der Waals surface area contributed by atoms with Crippen molar-refractivity contribution in [2.24, 2.45) is 0 Å². The third kappa shape index (κ3) is 2.61. The lowest BCUT2D eigenvalue weighted by Gasteiger charge is -2.26. The summed E-state index contributed by atoms with van der Waals surface area (Å²) in [6.45, 7) is 3.89. The fourth-order valence-electron chi connectivity index (χ4n) is 2.22. The first kappa shape index (κ1) is 14.0. The minimum Gasteiger partial charge on any atom is -0.370 e. The molecule has 0 fully saturated rings. The van der Waals surface area contributed by atoms with E-state index < -0.39 is 10.0 Å². The molecule has 21 heavy (non-hydrogen) atoms. The third-order valence-corrected chi connectivity index (χ3v) is 5.16. The molecule has 0 radical (unpaired) electrons. The fraction of sp³-hybridized carbons (Fsp3) is 0.417. The van der Waals surface area contributed by atoms with Crippen molar-refractivity contribution in [2.45, 2.75) is 24.9 Å². The number of sulfonamides is 1. The van der Waals surface area contributed by atoms with E-state index in [0.29, 0.717) is 24.7 Å². The Hall–Kier alpha value is -2.00. The van der Waals surface area contributed by atoms with Crippen LogP contribution in [-0.2, 0) is 23.1 Å². The Kier molecular flexibility index (Phi) is 3.60. The van der Waals surface area contributed by atoms with E-state index in [4.69, 9.17) is 0 Å². The van der Waals surface area contributed by atoms with Gasteiger partial charge in [0.15, 0.2) is 0 Å². The molecule has 0 saturated carbocycles. The molecule has 0 bridgehead atoms. The first-order valence-electron chi connectivity index (χ1n) is 6.68. The maximum Gasteiger partial charge on any atom is 0.245 e. The number of nitrogens with one attached hydrogen (secondary N) is 1. The standard InChI is InChI=1S/C12H16N6O2S/c1-2-13-11-4-3-10(7-14-11)21(19,20)18-6-5-17-9-15-16-12(17)8-18/h3-4,7,9H,2,5-6,8H2,1H3,(H,13,14). The van der Waals surface area contributed by atoms with Gasteiger partial charge in [-0.2, -0.15) is 4.31 Å². The molecule has 8 nitrogen and oxygen atoms in total. The maximum atomic E-state index is 12.6. The Labute approximate surface area is 122 Å². The van der Waals surface area contributed by atoms with E-state index in [9.17, 15) is 8.42 Å². The van der Waals surface area contributed by atoms with Gasteiger partial charge in [0.1, 0.15) is 22.9 Å². The van der Waals surface area contributed by atoms with Gasteiger partial charge in [-0.15, -0.1) is 10.2 Å². The number of rotatable bonds is 4. The molecule has 1 aliphatic rings. The van der Waals surface area contributed by atoms with E-state index >= 15 is 0 Å². The van der Waals surface area contributed by atoms with Gasteiger partial charge in [-0.1, -0.05) is 0 Å². The van der Waals surface area contributed by atoms with Crippen molar-refractivity contribution in [1.29, 1.82) is 0 Å². The third-order valence-electron chi connectivity index (χ3n) is 3.34. The molecule has 112 valence electrons. The molecule has 0 aromatic carbocycles. The van der Waals surface area contributed by atoms with Crippen molar-refractivity contribution in [3.8, 4) is 0 Å². The summed E-state index contributed by atoms with van der Waals surface area (Å²) in [6, 6.07) is 3.24. The summed E-state index contributed by atoms with van der Waals surface area (Å²) in [4.78, 5) is 4.31. The summed E-state index contributed by atoms with van der Waals surface area (Å²) < 4.78 is 28.5. The van der Waals surface area contributed by atoms with Gasteiger partial charge in [0, 0.05) is 25.8 Å².